The number of fused-ring (bicyclic) bond motifs is 1. The quantitative estimate of drug-likeness (QED) is 0.564. The number of carboxylic acids is 1. The van der Waals surface area contributed by atoms with Gasteiger partial charge in [-0.05, 0) is 54.8 Å². The van der Waals surface area contributed by atoms with Crippen molar-refractivity contribution in [2.75, 3.05) is 5.32 Å². The molecule has 0 bridgehead atoms. The number of alkyl halides is 3. The average Bonchev–Trinajstić information content (AvgIpc) is 3.32. The molecule has 1 aliphatic rings. The van der Waals surface area contributed by atoms with Crippen LogP contribution in [0.15, 0.2) is 40.9 Å². The molecule has 0 radical (unpaired) electrons. The lowest BCUT2D eigenvalue weighted by Crippen LogP contribution is -2.16. The zero-order chi connectivity index (χ0) is 21.5. The summed E-state index contributed by atoms with van der Waals surface area (Å²) >= 11 is 5.65. The third-order valence-electron chi connectivity index (χ3n) is 4.84. The Labute approximate surface area is 173 Å². The molecule has 1 aliphatic heterocycles. The van der Waals surface area contributed by atoms with Gasteiger partial charge in [-0.3, -0.25) is 4.79 Å². The van der Waals surface area contributed by atoms with E-state index in [1.54, 1.807) is 6.07 Å². The normalized spacial score (nSPS) is 15.7. The number of aromatic nitrogens is 2. The Morgan fingerprint density at radius 2 is 2.00 bits per heavy atom. The predicted octanol–water partition coefficient (Wildman–Crippen LogP) is 5.28. The number of hydrogen-bond acceptors (Lipinski definition) is 5. The number of hydrogen-bond donors (Lipinski definition) is 2. The van der Waals surface area contributed by atoms with Gasteiger partial charge in [-0.25, -0.2) is 0 Å². The van der Waals surface area contributed by atoms with E-state index < -0.39 is 22.7 Å². The van der Waals surface area contributed by atoms with Gasteiger partial charge in [0.05, 0.1) is 10.6 Å². The van der Waals surface area contributed by atoms with Crippen LogP contribution in [0.5, 0.6) is 0 Å². The first kappa shape index (κ1) is 20.2. The highest BCUT2D eigenvalue weighted by Gasteiger charge is 2.34. The van der Waals surface area contributed by atoms with Gasteiger partial charge in [0, 0.05) is 29.3 Å². The highest BCUT2D eigenvalue weighted by molar-refractivity contribution is 6.31. The van der Waals surface area contributed by atoms with E-state index in [1.165, 1.54) is 6.07 Å². The van der Waals surface area contributed by atoms with E-state index in [1.807, 2.05) is 12.1 Å². The number of aliphatic carboxylic acids is 1. The molecule has 1 atom stereocenters. The van der Waals surface area contributed by atoms with Gasteiger partial charge in [0.25, 0.3) is 5.89 Å². The van der Waals surface area contributed by atoms with Gasteiger partial charge in [0.15, 0.2) is 0 Å². The average molecular weight is 438 g/mol. The van der Waals surface area contributed by atoms with Crippen molar-refractivity contribution in [3.05, 3.63) is 52.5 Å². The fourth-order valence-corrected chi connectivity index (χ4v) is 3.61. The van der Waals surface area contributed by atoms with E-state index in [-0.39, 0.29) is 29.7 Å². The van der Waals surface area contributed by atoms with Gasteiger partial charge in [-0.1, -0.05) is 16.8 Å². The summed E-state index contributed by atoms with van der Waals surface area (Å²) in [5.41, 5.74) is 1.68. The third-order valence-corrected chi connectivity index (χ3v) is 5.17. The molecule has 3 aromatic rings. The summed E-state index contributed by atoms with van der Waals surface area (Å²) in [5, 5.41) is 15.6. The number of anilines is 1. The molecule has 0 saturated heterocycles. The number of nitrogens with one attached hydrogen (secondary N) is 1. The summed E-state index contributed by atoms with van der Waals surface area (Å²) in [6, 6.07) is 8.90. The van der Waals surface area contributed by atoms with Crippen LogP contribution in [0.4, 0.5) is 18.9 Å². The Kier molecular flexibility index (Phi) is 5.15. The van der Waals surface area contributed by atoms with E-state index in [2.05, 4.69) is 15.5 Å². The van der Waals surface area contributed by atoms with Crippen molar-refractivity contribution in [1.29, 1.82) is 0 Å². The van der Waals surface area contributed by atoms with Crippen LogP contribution in [0.25, 0.3) is 22.8 Å². The SMILES string of the molecule is O=C(O)CC[C@@H]1Cc2cc(-c3noc(-c4ccc(Cl)c(C(F)(F)F)c4)n3)ccc2N1. The molecule has 0 saturated carbocycles. The first-order valence-electron chi connectivity index (χ1n) is 9.03. The summed E-state index contributed by atoms with van der Waals surface area (Å²) in [4.78, 5) is 15.0. The Morgan fingerprint density at radius 3 is 2.73 bits per heavy atom. The van der Waals surface area contributed by atoms with E-state index in [4.69, 9.17) is 21.2 Å². The standard InChI is InChI=1S/C20H15ClF3N3O3/c21-15-4-1-11(9-14(15)20(22,23)24)19-26-18(27-30-19)10-2-5-16-12(7-10)8-13(25-16)3-6-17(28)29/h1-2,4-5,7,9,13,25H,3,6,8H2,(H,28,29)/t13-/m1/s1. The topological polar surface area (TPSA) is 88.2 Å². The second-order valence-corrected chi connectivity index (χ2v) is 7.37. The molecule has 0 spiro atoms. The van der Waals surface area contributed by atoms with Crippen molar-refractivity contribution in [3.8, 4) is 22.8 Å². The summed E-state index contributed by atoms with van der Waals surface area (Å²) in [6.45, 7) is 0. The summed E-state index contributed by atoms with van der Waals surface area (Å²) < 4.78 is 44.4. The first-order chi connectivity index (χ1) is 14.2. The maximum Gasteiger partial charge on any atom is 0.417 e. The zero-order valence-electron chi connectivity index (χ0n) is 15.3. The van der Waals surface area contributed by atoms with Crippen LogP contribution >= 0.6 is 11.6 Å². The number of carbonyl (C=O) groups is 1. The Bertz CT molecular complexity index is 1110. The van der Waals surface area contributed by atoms with Gasteiger partial charge in [0.2, 0.25) is 5.82 Å². The molecule has 156 valence electrons. The number of benzene rings is 2. The molecule has 6 nitrogen and oxygen atoms in total. The summed E-state index contributed by atoms with van der Waals surface area (Å²) in [6.07, 6.45) is -3.36. The predicted molar refractivity (Wildman–Crippen MR) is 103 cm³/mol. The summed E-state index contributed by atoms with van der Waals surface area (Å²) in [7, 11) is 0. The van der Waals surface area contributed by atoms with Gasteiger partial charge >= 0.3 is 12.1 Å². The summed E-state index contributed by atoms with van der Waals surface area (Å²) in [5.74, 6) is -0.654. The Hall–Kier alpha value is -3.07. The van der Waals surface area contributed by atoms with Gasteiger partial charge in [-0.2, -0.15) is 18.2 Å². The minimum atomic E-state index is -4.60. The highest BCUT2D eigenvalue weighted by atomic mass is 35.5. The number of halogens is 4. The number of nitrogens with zero attached hydrogens (tertiary/aromatic N) is 2. The van der Waals surface area contributed by atoms with Crippen LogP contribution in [0.1, 0.15) is 24.0 Å². The van der Waals surface area contributed by atoms with E-state index in [9.17, 15) is 18.0 Å². The molecule has 30 heavy (non-hydrogen) atoms. The third kappa shape index (κ3) is 4.11. The van der Waals surface area contributed by atoms with Gasteiger partial charge < -0.3 is 14.9 Å². The van der Waals surface area contributed by atoms with E-state index in [0.717, 1.165) is 23.4 Å². The monoisotopic (exact) mass is 437 g/mol. The molecule has 4 rings (SSSR count). The van der Waals surface area contributed by atoms with Crippen molar-refractivity contribution in [3.63, 3.8) is 0 Å². The molecule has 2 aromatic carbocycles. The van der Waals surface area contributed by atoms with Crippen molar-refractivity contribution >= 4 is 23.3 Å². The van der Waals surface area contributed by atoms with Crippen LogP contribution in [0.3, 0.4) is 0 Å². The largest absolute Gasteiger partial charge is 0.481 e. The van der Waals surface area contributed by atoms with Crippen molar-refractivity contribution in [2.45, 2.75) is 31.5 Å². The molecular formula is C20H15ClF3N3O3. The zero-order valence-corrected chi connectivity index (χ0v) is 16.1. The first-order valence-corrected chi connectivity index (χ1v) is 9.41. The maximum absolute atomic E-state index is 13.1. The van der Waals surface area contributed by atoms with Crippen LogP contribution in [-0.2, 0) is 17.4 Å². The number of carboxylic acid groups (broad SMARTS) is 1. The molecule has 0 fully saturated rings. The van der Waals surface area contributed by atoms with Crippen LogP contribution in [0.2, 0.25) is 5.02 Å². The lowest BCUT2D eigenvalue weighted by molar-refractivity contribution is -0.138. The van der Waals surface area contributed by atoms with E-state index >= 15 is 0 Å². The van der Waals surface area contributed by atoms with Crippen molar-refractivity contribution in [2.24, 2.45) is 0 Å². The minimum absolute atomic E-state index is 0.0297. The number of rotatable bonds is 5. The van der Waals surface area contributed by atoms with Crippen LogP contribution in [0, 0.1) is 0 Å². The molecule has 0 amide bonds. The Morgan fingerprint density at radius 1 is 1.23 bits per heavy atom. The second-order valence-electron chi connectivity index (χ2n) is 6.97. The smallest absolute Gasteiger partial charge is 0.417 e. The molecule has 2 N–H and O–H groups in total. The minimum Gasteiger partial charge on any atom is -0.481 e. The van der Waals surface area contributed by atoms with Crippen molar-refractivity contribution < 1.29 is 27.6 Å². The Balaban J connectivity index is 1.56. The van der Waals surface area contributed by atoms with Crippen LogP contribution in [-0.4, -0.2) is 27.3 Å². The van der Waals surface area contributed by atoms with Crippen molar-refractivity contribution in [1.82, 2.24) is 10.1 Å². The molecule has 1 aromatic heterocycles. The lowest BCUT2D eigenvalue weighted by Gasteiger charge is -2.09. The molecule has 2 heterocycles. The second kappa shape index (κ2) is 7.64. The lowest BCUT2D eigenvalue weighted by atomic mass is 10.0. The highest BCUT2D eigenvalue weighted by Crippen LogP contribution is 2.37. The fourth-order valence-electron chi connectivity index (χ4n) is 3.38. The molecule has 0 aliphatic carbocycles. The van der Waals surface area contributed by atoms with Gasteiger partial charge in [-0.15, -0.1) is 0 Å². The molecule has 10 heteroatoms. The molecular weight excluding hydrogens is 423 g/mol. The maximum atomic E-state index is 13.1. The van der Waals surface area contributed by atoms with Gasteiger partial charge in [0.1, 0.15) is 0 Å². The van der Waals surface area contributed by atoms with E-state index in [0.29, 0.717) is 18.4 Å². The molecule has 0 unspecified atom stereocenters. The van der Waals surface area contributed by atoms with Crippen LogP contribution < -0.4 is 5.32 Å². The fraction of sp³-hybridized carbons (Fsp3) is 0.250.